The average Bonchev–Trinajstić information content (AvgIpc) is 2.40. The zero-order chi connectivity index (χ0) is 12.1. The molecule has 6 heteroatoms. The minimum Gasteiger partial charge on any atom is -0.372 e. The summed E-state index contributed by atoms with van der Waals surface area (Å²) in [5.74, 6) is 0.316. The Hall–Kier alpha value is -2.50. The quantitative estimate of drug-likeness (QED) is 0.825. The van der Waals surface area contributed by atoms with Crippen LogP contribution in [0.25, 0.3) is 0 Å². The SMILES string of the molecule is CNc1cnc(C(=O)Nc2ccncc2)cn1. The van der Waals surface area contributed by atoms with Gasteiger partial charge in [0, 0.05) is 25.1 Å². The van der Waals surface area contributed by atoms with Gasteiger partial charge in [-0.3, -0.25) is 9.78 Å². The first-order valence-corrected chi connectivity index (χ1v) is 5.01. The van der Waals surface area contributed by atoms with Gasteiger partial charge in [-0.15, -0.1) is 0 Å². The highest BCUT2D eigenvalue weighted by molar-refractivity contribution is 6.02. The first-order chi connectivity index (χ1) is 8.29. The van der Waals surface area contributed by atoms with Crippen molar-refractivity contribution >= 4 is 17.4 Å². The maximum absolute atomic E-state index is 11.8. The Kier molecular flexibility index (Phi) is 3.25. The van der Waals surface area contributed by atoms with Gasteiger partial charge in [-0.1, -0.05) is 0 Å². The second-order valence-corrected chi connectivity index (χ2v) is 3.23. The number of pyridine rings is 1. The molecule has 0 saturated heterocycles. The number of amides is 1. The third kappa shape index (κ3) is 2.75. The van der Waals surface area contributed by atoms with Crippen molar-refractivity contribution in [1.82, 2.24) is 15.0 Å². The molecule has 0 saturated carbocycles. The van der Waals surface area contributed by atoms with E-state index in [9.17, 15) is 4.79 Å². The van der Waals surface area contributed by atoms with Crippen LogP contribution in [-0.4, -0.2) is 27.9 Å². The van der Waals surface area contributed by atoms with Crippen molar-refractivity contribution in [1.29, 1.82) is 0 Å². The summed E-state index contributed by atoms with van der Waals surface area (Å²) in [6, 6.07) is 3.40. The predicted octanol–water partition coefficient (Wildman–Crippen LogP) is 1.17. The van der Waals surface area contributed by atoms with Crippen molar-refractivity contribution in [3.63, 3.8) is 0 Å². The molecule has 1 amide bonds. The fourth-order valence-electron chi connectivity index (χ4n) is 1.20. The summed E-state index contributed by atoms with van der Waals surface area (Å²) < 4.78 is 0. The third-order valence-electron chi connectivity index (χ3n) is 2.08. The number of hydrogen-bond acceptors (Lipinski definition) is 5. The lowest BCUT2D eigenvalue weighted by Gasteiger charge is -2.04. The van der Waals surface area contributed by atoms with E-state index in [1.165, 1.54) is 12.4 Å². The monoisotopic (exact) mass is 229 g/mol. The highest BCUT2D eigenvalue weighted by Gasteiger charge is 2.07. The summed E-state index contributed by atoms with van der Waals surface area (Å²) in [5.41, 5.74) is 0.935. The molecular weight excluding hydrogens is 218 g/mol. The molecule has 0 fully saturated rings. The average molecular weight is 229 g/mol. The second-order valence-electron chi connectivity index (χ2n) is 3.23. The topological polar surface area (TPSA) is 79.8 Å². The largest absolute Gasteiger partial charge is 0.372 e. The molecule has 0 spiro atoms. The van der Waals surface area contributed by atoms with E-state index in [4.69, 9.17) is 0 Å². The molecule has 2 N–H and O–H groups in total. The van der Waals surface area contributed by atoms with Crippen molar-refractivity contribution in [2.45, 2.75) is 0 Å². The molecule has 17 heavy (non-hydrogen) atoms. The molecule has 6 nitrogen and oxygen atoms in total. The van der Waals surface area contributed by atoms with Crippen molar-refractivity contribution in [3.05, 3.63) is 42.6 Å². The minimum atomic E-state index is -0.300. The van der Waals surface area contributed by atoms with Gasteiger partial charge in [-0.25, -0.2) is 9.97 Å². The van der Waals surface area contributed by atoms with Gasteiger partial charge in [-0.05, 0) is 12.1 Å². The summed E-state index contributed by atoms with van der Waals surface area (Å²) >= 11 is 0. The van der Waals surface area contributed by atoms with Crippen LogP contribution in [0, 0.1) is 0 Å². The highest BCUT2D eigenvalue weighted by Crippen LogP contribution is 2.06. The molecule has 2 aromatic heterocycles. The van der Waals surface area contributed by atoms with Crippen LogP contribution in [0.3, 0.4) is 0 Å². The van der Waals surface area contributed by atoms with Gasteiger partial charge in [0.25, 0.3) is 5.91 Å². The zero-order valence-corrected chi connectivity index (χ0v) is 9.21. The standard InChI is InChI=1S/C11H11N5O/c1-12-10-7-14-9(6-15-10)11(17)16-8-2-4-13-5-3-8/h2-7H,1H3,(H,12,15)(H,13,16,17). The summed E-state index contributed by atoms with van der Waals surface area (Å²) in [7, 11) is 1.74. The number of nitrogens with zero attached hydrogens (tertiary/aromatic N) is 3. The lowest BCUT2D eigenvalue weighted by molar-refractivity contribution is 0.102. The summed E-state index contributed by atoms with van der Waals surface area (Å²) in [4.78, 5) is 23.6. The van der Waals surface area contributed by atoms with Gasteiger partial charge in [0.1, 0.15) is 11.5 Å². The smallest absolute Gasteiger partial charge is 0.275 e. The number of carbonyl (C=O) groups excluding carboxylic acids is 1. The molecule has 2 heterocycles. The van der Waals surface area contributed by atoms with E-state index in [1.54, 1.807) is 31.6 Å². The van der Waals surface area contributed by atoms with Crippen LogP contribution in [0.2, 0.25) is 0 Å². The maximum Gasteiger partial charge on any atom is 0.275 e. The van der Waals surface area contributed by atoms with Crippen molar-refractivity contribution < 1.29 is 4.79 Å². The molecule has 2 aromatic rings. The van der Waals surface area contributed by atoms with E-state index in [0.717, 1.165) is 0 Å². The number of rotatable bonds is 3. The molecule has 2 rings (SSSR count). The van der Waals surface area contributed by atoms with E-state index < -0.39 is 0 Å². The lowest BCUT2D eigenvalue weighted by Crippen LogP contribution is -2.14. The van der Waals surface area contributed by atoms with Gasteiger partial charge in [0.15, 0.2) is 0 Å². The number of carbonyl (C=O) groups is 1. The van der Waals surface area contributed by atoms with Gasteiger partial charge in [0.05, 0.1) is 12.4 Å². The fourth-order valence-corrected chi connectivity index (χ4v) is 1.20. The van der Waals surface area contributed by atoms with Gasteiger partial charge >= 0.3 is 0 Å². The van der Waals surface area contributed by atoms with Gasteiger partial charge < -0.3 is 10.6 Å². The molecule has 86 valence electrons. The minimum absolute atomic E-state index is 0.265. The fraction of sp³-hybridized carbons (Fsp3) is 0.0909. The van der Waals surface area contributed by atoms with Crippen LogP contribution in [0.1, 0.15) is 10.5 Å². The van der Waals surface area contributed by atoms with Crippen molar-refractivity contribution in [2.75, 3.05) is 17.7 Å². The Morgan fingerprint density at radius 2 is 1.94 bits per heavy atom. The predicted molar refractivity (Wildman–Crippen MR) is 63.8 cm³/mol. The summed E-state index contributed by atoms with van der Waals surface area (Å²) in [6.45, 7) is 0. The second kappa shape index (κ2) is 5.02. The van der Waals surface area contributed by atoms with Crippen molar-refractivity contribution in [3.8, 4) is 0 Å². The number of nitrogens with one attached hydrogen (secondary N) is 2. The number of hydrogen-bond donors (Lipinski definition) is 2. The molecular formula is C11H11N5O. The van der Waals surface area contributed by atoms with E-state index in [1.807, 2.05) is 0 Å². The first kappa shape index (κ1) is 11.0. The molecule has 0 aliphatic rings. The Labute approximate surface area is 98.1 Å². The van der Waals surface area contributed by atoms with E-state index in [0.29, 0.717) is 11.5 Å². The molecule has 0 aromatic carbocycles. The Morgan fingerprint density at radius 1 is 1.18 bits per heavy atom. The lowest BCUT2D eigenvalue weighted by atomic mass is 10.3. The summed E-state index contributed by atoms with van der Waals surface area (Å²) in [5, 5.41) is 5.52. The van der Waals surface area contributed by atoms with Crippen LogP contribution in [-0.2, 0) is 0 Å². The zero-order valence-electron chi connectivity index (χ0n) is 9.21. The molecule has 0 bridgehead atoms. The first-order valence-electron chi connectivity index (χ1n) is 5.01. The molecule has 0 radical (unpaired) electrons. The Bertz CT molecular complexity index is 497. The Morgan fingerprint density at radius 3 is 2.53 bits per heavy atom. The van der Waals surface area contributed by atoms with E-state index in [-0.39, 0.29) is 11.6 Å². The molecule has 0 aliphatic heterocycles. The maximum atomic E-state index is 11.8. The van der Waals surface area contributed by atoms with Gasteiger partial charge in [0.2, 0.25) is 0 Å². The molecule has 0 aliphatic carbocycles. The van der Waals surface area contributed by atoms with Crippen LogP contribution >= 0.6 is 0 Å². The molecule has 0 unspecified atom stereocenters. The van der Waals surface area contributed by atoms with Gasteiger partial charge in [-0.2, -0.15) is 0 Å². The normalized spacial score (nSPS) is 9.71. The van der Waals surface area contributed by atoms with Crippen LogP contribution < -0.4 is 10.6 Å². The van der Waals surface area contributed by atoms with E-state index >= 15 is 0 Å². The van der Waals surface area contributed by atoms with E-state index in [2.05, 4.69) is 25.6 Å². The van der Waals surface area contributed by atoms with Crippen LogP contribution in [0.5, 0.6) is 0 Å². The van der Waals surface area contributed by atoms with Crippen LogP contribution in [0.15, 0.2) is 36.9 Å². The number of aromatic nitrogens is 3. The Balaban J connectivity index is 2.09. The number of anilines is 2. The summed E-state index contributed by atoms with van der Waals surface area (Å²) in [6.07, 6.45) is 6.13. The third-order valence-corrected chi connectivity index (χ3v) is 2.08. The van der Waals surface area contributed by atoms with Crippen molar-refractivity contribution in [2.24, 2.45) is 0 Å². The molecule has 0 atom stereocenters. The van der Waals surface area contributed by atoms with Crippen LogP contribution in [0.4, 0.5) is 11.5 Å². The highest BCUT2D eigenvalue weighted by atomic mass is 16.1.